The number of methoxy groups -OCH3 is 5. The van der Waals surface area contributed by atoms with E-state index in [1.54, 1.807) is 41.9 Å². The van der Waals surface area contributed by atoms with Crippen molar-refractivity contribution in [2.45, 2.75) is 24.7 Å². The number of nitrogens with zero attached hydrogens (tertiary/aromatic N) is 2. The maximum atomic E-state index is 14.0. The first-order valence-corrected chi connectivity index (χ1v) is 17.7. The largest absolute Gasteiger partial charge is 0.496 e. The van der Waals surface area contributed by atoms with Gasteiger partial charge in [0.2, 0.25) is 16.9 Å². The van der Waals surface area contributed by atoms with Gasteiger partial charge in [-0.2, -0.15) is 8.42 Å². The van der Waals surface area contributed by atoms with Gasteiger partial charge in [0.15, 0.2) is 17.3 Å². The van der Waals surface area contributed by atoms with E-state index in [-0.39, 0.29) is 45.0 Å². The molecule has 0 radical (unpaired) electrons. The first-order chi connectivity index (χ1) is 23.1. The average molecular weight is 701 g/mol. The number of benzene rings is 3. The Labute approximate surface area is 280 Å². The van der Waals surface area contributed by atoms with E-state index >= 15 is 0 Å². The van der Waals surface area contributed by atoms with Crippen molar-refractivity contribution in [3.05, 3.63) is 64.3 Å². The highest BCUT2D eigenvalue weighted by atomic mass is 32.2. The maximum absolute atomic E-state index is 14.0. The molecule has 256 valence electrons. The van der Waals surface area contributed by atoms with E-state index < -0.39 is 26.4 Å². The molecule has 4 aromatic rings. The Morgan fingerprint density at radius 1 is 0.812 bits per heavy atom. The zero-order valence-corrected chi connectivity index (χ0v) is 29.0. The third kappa shape index (κ3) is 7.16. The quantitative estimate of drug-likeness (QED) is 0.0981. The van der Waals surface area contributed by atoms with E-state index in [1.807, 2.05) is 6.92 Å². The van der Waals surface area contributed by atoms with Gasteiger partial charge in [-0.1, -0.05) is 17.7 Å². The first-order valence-electron chi connectivity index (χ1n) is 14.7. The minimum absolute atomic E-state index is 0.0387. The van der Waals surface area contributed by atoms with Crippen LogP contribution in [-0.2, 0) is 14.3 Å². The van der Waals surface area contributed by atoms with E-state index in [1.165, 1.54) is 47.7 Å². The summed E-state index contributed by atoms with van der Waals surface area (Å²) in [6, 6.07) is 12.9. The van der Waals surface area contributed by atoms with Crippen LogP contribution in [0.3, 0.4) is 0 Å². The Bertz CT molecular complexity index is 2000. The summed E-state index contributed by atoms with van der Waals surface area (Å²) >= 11 is 0. The maximum Gasteiger partial charge on any atom is 0.341 e. The predicted molar refractivity (Wildman–Crippen MR) is 185 cm³/mol. The summed E-state index contributed by atoms with van der Waals surface area (Å²) in [5, 5.41) is 8.08. The molecule has 3 aromatic carbocycles. The van der Waals surface area contributed by atoms with Crippen LogP contribution in [0.5, 0.6) is 34.5 Å². The van der Waals surface area contributed by atoms with Crippen LogP contribution >= 0.6 is 10.9 Å². The van der Waals surface area contributed by atoms with Crippen LogP contribution in [0.2, 0.25) is 0 Å². The topological polar surface area (TPSA) is 154 Å². The van der Waals surface area contributed by atoms with Crippen molar-refractivity contribution >= 4 is 42.8 Å². The number of ether oxygens (including phenoxy) is 6. The van der Waals surface area contributed by atoms with Crippen molar-refractivity contribution in [3.8, 4) is 45.8 Å². The average Bonchev–Trinajstić information content (AvgIpc) is 3.53. The minimum atomic E-state index is -4.05. The fourth-order valence-corrected chi connectivity index (χ4v) is 7.71. The number of fused-ring (bicyclic) bond motifs is 1. The summed E-state index contributed by atoms with van der Waals surface area (Å²) in [7, 11) is 2.17. The second-order valence-corrected chi connectivity index (χ2v) is 14.0. The van der Waals surface area contributed by atoms with Gasteiger partial charge in [-0.3, -0.25) is 4.79 Å². The smallest absolute Gasteiger partial charge is 0.341 e. The third-order valence-electron chi connectivity index (χ3n) is 7.39. The van der Waals surface area contributed by atoms with Gasteiger partial charge in [0, 0.05) is 17.7 Å². The van der Waals surface area contributed by atoms with Gasteiger partial charge in [0.25, 0.3) is 5.23 Å². The molecule has 1 unspecified atom stereocenters. The van der Waals surface area contributed by atoms with Crippen molar-refractivity contribution in [2.75, 3.05) is 47.9 Å². The Hall–Kier alpha value is -4.89. The zero-order chi connectivity index (χ0) is 34.4. The lowest BCUT2D eigenvalue weighted by molar-refractivity contribution is 0.301. The molecule has 1 aliphatic rings. The van der Waals surface area contributed by atoms with Crippen molar-refractivity contribution < 1.29 is 45.4 Å². The van der Waals surface area contributed by atoms with Gasteiger partial charge in [-0.15, -0.1) is 21.1 Å². The lowest BCUT2D eigenvalue weighted by Crippen LogP contribution is -2.14. The van der Waals surface area contributed by atoms with Gasteiger partial charge in [0.05, 0.1) is 47.7 Å². The molecule has 5 rings (SSSR count). The first kappa shape index (κ1) is 34.4. The van der Waals surface area contributed by atoms with Gasteiger partial charge in [-0.05, 0) is 49.8 Å². The van der Waals surface area contributed by atoms with Gasteiger partial charge in [0.1, 0.15) is 27.4 Å². The molecule has 13 nitrogen and oxygen atoms in total. The third-order valence-corrected chi connectivity index (χ3v) is 10.6. The van der Waals surface area contributed by atoms with Crippen molar-refractivity contribution in [1.29, 1.82) is 0 Å². The highest BCUT2D eigenvalue weighted by molar-refractivity contribution is 8.40. The van der Waals surface area contributed by atoms with E-state index in [4.69, 9.17) is 37.0 Å². The van der Waals surface area contributed by atoms with Crippen LogP contribution in [0.15, 0.2) is 72.8 Å². The van der Waals surface area contributed by atoms with Crippen LogP contribution in [0.1, 0.15) is 18.4 Å². The molecular weight excluding hydrogens is 665 g/mol. The molecule has 0 saturated heterocycles. The van der Waals surface area contributed by atoms with Crippen molar-refractivity contribution in [2.24, 2.45) is 10.2 Å². The summed E-state index contributed by atoms with van der Waals surface area (Å²) in [6.45, 7) is 2.01. The Morgan fingerprint density at radius 3 is 2.12 bits per heavy atom. The van der Waals surface area contributed by atoms with E-state index in [0.29, 0.717) is 47.2 Å². The number of thiol groups is 1. The van der Waals surface area contributed by atoms with Crippen LogP contribution in [0.25, 0.3) is 22.3 Å². The Balaban J connectivity index is 1.38. The Morgan fingerprint density at radius 2 is 1.50 bits per heavy atom. The monoisotopic (exact) mass is 700 g/mol. The molecule has 2 heterocycles. The summed E-state index contributed by atoms with van der Waals surface area (Å²) in [4.78, 5) is 14.1. The summed E-state index contributed by atoms with van der Waals surface area (Å²) in [6.07, 6.45) is 1.11. The standard InChI is InChI=1S/C33H36N2O11S2/c1-20-9-11-23(12-10-20)48(37,38)46-33-35-34-19-47(33)14-8-7-13-44-32-29(36)28-24(40-3)17-22(39-2)18-25(28)45-30(32)21-15-26(41-4)31(43-6)27(16-21)42-5/h9-12,15-19,47H,7-8,13-14H2,1-6H3. The molecular formula is C33H36N2O11S2. The van der Waals surface area contributed by atoms with Crippen LogP contribution in [0, 0.1) is 6.92 Å². The van der Waals surface area contributed by atoms with E-state index in [2.05, 4.69) is 10.2 Å². The number of aryl methyl sites for hydroxylation is 1. The Kier molecular flexibility index (Phi) is 10.7. The van der Waals surface area contributed by atoms with E-state index in [0.717, 1.165) is 5.56 Å². The van der Waals surface area contributed by atoms with Gasteiger partial charge < -0.3 is 37.0 Å². The molecule has 1 atom stereocenters. The predicted octanol–water partition coefficient (Wildman–Crippen LogP) is 5.69. The fraction of sp³-hybridized carbons (Fsp3) is 0.303. The molecule has 0 N–H and O–H groups in total. The van der Waals surface area contributed by atoms with Gasteiger partial charge >= 0.3 is 10.1 Å². The molecule has 1 aromatic heterocycles. The molecule has 0 amide bonds. The lowest BCUT2D eigenvalue weighted by Gasteiger charge is -2.17. The van der Waals surface area contributed by atoms with Crippen LogP contribution in [0.4, 0.5) is 0 Å². The number of hydrogen-bond acceptors (Lipinski definition) is 13. The SMILES string of the molecule is COc1cc(OC)c2c(=O)c(OCCCC[SH]3C=NN=C3OS(=O)(=O)c3ccc(C)cc3)c(-c3cc(OC)c(OC)c(OC)c3)oc2c1. The number of unbranched alkanes of at least 4 members (excludes halogenated alkanes) is 1. The zero-order valence-electron chi connectivity index (χ0n) is 27.3. The molecule has 0 spiro atoms. The summed E-state index contributed by atoms with van der Waals surface area (Å²) in [5.74, 6) is 2.42. The van der Waals surface area contributed by atoms with Crippen molar-refractivity contribution in [3.63, 3.8) is 0 Å². The number of hydrogen-bond donors (Lipinski definition) is 1. The highest BCUT2D eigenvalue weighted by Gasteiger charge is 2.26. The van der Waals surface area contributed by atoms with Crippen molar-refractivity contribution in [1.82, 2.24) is 0 Å². The second-order valence-electron chi connectivity index (χ2n) is 10.4. The molecule has 0 aliphatic carbocycles. The molecule has 0 fully saturated rings. The normalized spacial score (nSPS) is 14.8. The van der Waals surface area contributed by atoms with Gasteiger partial charge in [-0.25, -0.2) is 0 Å². The molecule has 1 aliphatic heterocycles. The molecule has 0 saturated carbocycles. The molecule has 0 bridgehead atoms. The van der Waals surface area contributed by atoms with Crippen LogP contribution in [-0.4, -0.2) is 67.1 Å². The summed E-state index contributed by atoms with van der Waals surface area (Å²) < 4.78 is 70.9. The van der Waals surface area contributed by atoms with Crippen LogP contribution < -0.4 is 33.8 Å². The lowest BCUT2D eigenvalue weighted by atomic mass is 10.1. The molecule has 48 heavy (non-hydrogen) atoms. The fourth-order valence-electron chi connectivity index (χ4n) is 4.93. The summed E-state index contributed by atoms with van der Waals surface area (Å²) in [5.41, 5.74) is 2.76. The molecule has 15 heteroatoms. The second kappa shape index (κ2) is 14.9. The minimum Gasteiger partial charge on any atom is -0.496 e. The highest BCUT2D eigenvalue weighted by Crippen LogP contribution is 2.44. The number of rotatable bonds is 14. The van der Waals surface area contributed by atoms with E-state index in [9.17, 15) is 13.2 Å².